The Hall–Kier alpha value is -0.710. The molecular weight excluding hydrogens is 128 g/mol. The lowest BCUT2D eigenvalue weighted by atomic mass is 10.7. The summed E-state index contributed by atoms with van der Waals surface area (Å²) in [6.45, 7) is 0. The van der Waals surface area contributed by atoms with Crippen LogP contribution in [0.25, 0.3) is 0 Å². The normalized spacial score (nSPS) is 7.62. The fraction of sp³-hybridized carbons (Fsp3) is 0.333. The second kappa shape index (κ2) is 4.45. The number of rotatable bonds is 3. The van der Waals surface area contributed by atoms with Gasteiger partial charge in [0.15, 0.2) is 0 Å². The van der Waals surface area contributed by atoms with Gasteiger partial charge in [0.25, 0.3) is 0 Å². The summed E-state index contributed by atoms with van der Waals surface area (Å²) in [7, 11) is 0. The Morgan fingerprint density at radius 3 is 2.75 bits per heavy atom. The van der Waals surface area contributed by atoms with Crippen molar-refractivity contribution < 1.29 is 9.59 Å². The topological polar surface area (TPSA) is 58.2 Å². The van der Waals surface area contributed by atoms with Crippen LogP contribution in [-0.2, 0) is 9.59 Å². The van der Waals surface area contributed by atoms with E-state index in [1.165, 1.54) is 0 Å². The van der Waals surface area contributed by atoms with E-state index in [9.17, 15) is 9.59 Å². The Morgan fingerprint density at radius 1 is 1.75 bits per heavy atom. The van der Waals surface area contributed by atoms with Crippen molar-refractivity contribution in [2.24, 2.45) is 0 Å². The zero-order chi connectivity index (χ0) is 6.41. The molecule has 0 saturated carbocycles. The minimum absolute atomic E-state index is 0.0703. The zero-order valence-corrected chi connectivity index (χ0v) is 4.94. The first-order valence-electron chi connectivity index (χ1n) is 1.90. The van der Waals surface area contributed by atoms with E-state index in [2.05, 4.69) is 12.6 Å². The van der Waals surface area contributed by atoms with Crippen LogP contribution in [0, 0.1) is 0 Å². The number of carbonyl (C=O) groups excluding carboxylic acids is 2. The lowest BCUT2D eigenvalue weighted by Gasteiger charge is -1.95. The van der Waals surface area contributed by atoms with E-state index >= 15 is 0 Å². The third kappa shape index (κ3) is 3.48. The van der Waals surface area contributed by atoms with Crippen LogP contribution in [0.4, 0.5) is 0 Å². The van der Waals surface area contributed by atoms with E-state index < -0.39 is 0 Å². The molecule has 0 spiro atoms. The fourth-order valence-corrected chi connectivity index (χ4v) is 0.229. The first kappa shape index (κ1) is 7.29. The average molecular weight is 134 g/mol. The summed E-state index contributed by atoms with van der Waals surface area (Å²) in [5.41, 5.74) is 4.02. The predicted octanol–water partition coefficient (Wildman–Crippen LogP) is -1.31. The number of hydrogen-bond acceptors (Lipinski definition) is 3. The molecule has 0 aliphatic rings. The minimum atomic E-state index is -0.333. The zero-order valence-electron chi connectivity index (χ0n) is 4.05. The van der Waals surface area contributed by atoms with Crippen LogP contribution < -0.4 is 10.9 Å². The molecular formula is C3H6N2O2S. The van der Waals surface area contributed by atoms with Crippen molar-refractivity contribution in [3.05, 3.63) is 0 Å². The summed E-state index contributed by atoms with van der Waals surface area (Å²) >= 11 is 3.62. The molecule has 0 aliphatic heterocycles. The van der Waals surface area contributed by atoms with Gasteiger partial charge in [-0.25, -0.2) is 0 Å². The van der Waals surface area contributed by atoms with Crippen molar-refractivity contribution in [3.63, 3.8) is 0 Å². The standard InChI is InChI=1S/C3H6N2O2S/c6-2-4-5-3(7)1-8/h2,8H,1H2,(H,4,6)(H,5,7). The molecule has 0 fully saturated rings. The van der Waals surface area contributed by atoms with Crippen LogP contribution in [0.15, 0.2) is 0 Å². The summed E-state index contributed by atoms with van der Waals surface area (Å²) in [5.74, 6) is -0.263. The predicted molar refractivity (Wildman–Crippen MR) is 31.2 cm³/mol. The Labute approximate surface area is 52.0 Å². The van der Waals surface area contributed by atoms with E-state index in [0.717, 1.165) is 0 Å². The molecule has 0 heterocycles. The molecule has 0 aromatic heterocycles. The van der Waals surface area contributed by atoms with Crippen molar-refractivity contribution >= 4 is 24.9 Å². The molecule has 0 saturated heterocycles. The van der Waals surface area contributed by atoms with Crippen LogP contribution in [0.3, 0.4) is 0 Å². The van der Waals surface area contributed by atoms with E-state index in [4.69, 9.17) is 0 Å². The van der Waals surface area contributed by atoms with Gasteiger partial charge in [0.1, 0.15) is 0 Å². The van der Waals surface area contributed by atoms with Crippen LogP contribution in [0.2, 0.25) is 0 Å². The van der Waals surface area contributed by atoms with Crippen molar-refractivity contribution in [1.29, 1.82) is 0 Å². The first-order chi connectivity index (χ1) is 3.81. The number of hydrogen-bond donors (Lipinski definition) is 3. The molecule has 5 heteroatoms. The minimum Gasteiger partial charge on any atom is -0.277 e. The SMILES string of the molecule is O=CNNC(=O)CS. The molecule has 0 aromatic carbocycles. The molecule has 0 atom stereocenters. The summed E-state index contributed by atoms with van der Waals surface area (Å²) < 4.78 is 0. The van der Waals surface area contributed by atoms with Crippen LogP contribution in [0.1, 0.15) is 0 Å². The Balaban J connectivity index is 3.11. The smallest absolute Gasteiger partial charge is 0.248 e. The van der Waals surface area contributed by atoms with Crippen molar-refractivity contribution in [3.8, 4) is 0 Å². The molecule has 0 aliphatic carbocycles. The molecule has 46 valence electrons. The summed E-state index contributed by atoms with van der Waals surface area (Å²) in [6, 6.07) is 0. The molecule has 2 N–H and O–H groups in total. The fourth-order valence-electron chi connectivity index (χ4n) is 0.149. The number of carbonyl (C=O) groups is 2. The maximum Gasteiger partial charge on any atom is 0.248 e. The van der Waals surface area contributed by atoms with Gasteiger partial charge in [-0.05, 0) is 0 Å². The largest absolute Gasteiger partial charge is 0.277 e. The van der Waals surface area contributed by atoms with Gasteiger partial charge in [-0.2, -0.15) is 12.6 Å². The van der Waals surface area contributed by atoms with Gasteiger partial charge in [0.2, 0.25) is 12.3 Å². The van der Waals surface area contributed by atoms with Gasteiger partial charge in [-0.3, -0.25) is 20.4 Å². The molecule has 0 bridgehead atoms. The lowest BCUT2D eigenvalue weighted by molar-refractivity contribution is -0.122. The highest BCUT2D eigenvalue weighted by atomic mass is 32.1. The van der Waals surface area contributed by atoms with Gasteiger partial charge in [0, 0.05) is 0 Å². The summed E-state index contributed by atoms with van der Waals surface area (Å²) in [4.78, 5) is 19.6. The van der Waals surface area contributed by atoms with Gasteiger partial charge >= 0.3 is 0 Å². The average Bonchev–Trinajstić information content (AvgIpc) is 1.83. The van der Waals surface area contributed by atoms with E-state index in [1.807, 2.05) is 10.9 Å². The van der Waals surface area contributed by atoms with Gasteiger partial charge in [-0.1, -0.05) is 0 Å². The molecule has 0 rings (SSSR count). The van der Waals surface area contributed by atoms with E-state index in [1.54, 1.807) is 0 Å². The second-order valence-corrected chi connectivity index (χ2v) is 1.28. The summed E-state index contributed by atoms with van der Waals surface area (Å²) in [5, 5.41) is 0. The monoisotopic (exact) mass is 134 g/mol. The van der Waals surface area contributed by atoms with Crippen molar-refractivity contribution in [2.45, 2.75) is 0 Å². The molecule has 4 nitrogen and oxygen atoms in total. The highest BCUT2D eigenvalue weighted by molar-refractivity contribution is 7.81. The second-order valence-electron chi connectivity index (χ2n) is 0.968. The highest BCUT2D eigenvalue weighted by Gasteiger charge is 1.90. The van der Waals surface area contributed by atoms with Crippen LogP contribution in [-0.4, -0.2) is 18.1 Å². The number of thiol groups is 1. The maximum absolute atomic E-state index is 10.2. The van der Waals surface area contributed by atoms with Crippen molar-refractivity contribution in [2.75, 3.05) is 5.75 Å². The third-order valence-corrected chi connectivity index (χ3v) is 0.701. The quantitative estimate of drug-likeness (QED) is 0.255. The maximum atomic E-state index is 10.2. The van der Waals surface area contributed by atoms with E-state index in [-0.39, 0.29) is 11.7 Å². The Bertz CT molecular complexity index is 95.3. The Kier molecular flexibility index (Phi) is 4.05. The molecule has 0 aromatic rings. The third-order valence-electron chi connectivity index (χ3n) is 0.414. The number of nitrogens with one attached hydrogen (secondary N) is 2. The molecule has 8 heavy (non-hydrogen) atoms. The van der Waals surface area contributed by atoms with Crippen LogP contribution >= 0.6 is 12.6 Å². The Morgan fingerprint density at radius 2 is 2.38 bits per heavy atom. The van der Waals surface area contributed by atoms with Crippen LogP contribution in [0.5, 0.6) is 0 Å². The number of hydrazine groups is 1. The molecule has 2 amide bonds. The van der Waals surface area contributed by atoms with Crippen molar-refractivity contribution in [1.82, 2.24) is 10.9 Å². The van der Waals surface area contributed by atoms with E-state index in [0.29, 0.717) is 6.41 Å². The lowest BCUT2D eigenvalue weighted by Crippen LogP contribution is -2.36. The van der Waals surface area contributed by atoms with Gasteiger partial charge < -0.3 is 0 Å². The number of amides is 2. The van der Waals surface area contributed by atoms with Gasteiger partial charge in [0.05, 0.1) is 5.75 Å². The summed E-state index contributed by atoms with van der Waals surface area (Å²) in [6.07, 6.45) is 0.376. The molecule has 0 radical (unpaired) electrons. The molecule has 0 unspecified atom stereocenters. The highest BCUT2D eigenvalue weighted by Crippen LogP contribution is 1.67. The first-order valence-corrected chi connectivity index (χ1v) is 2.53. The van der Waals surface area contributed by atoms with Gasteiger partial charge in [-0.15, -0.1) is 0 Å².